The van der Waals surface area contributed by atoms with E-state index in [9.17, 15) is 18.0 Å². The fourth-order valence-electron chi connectivity index (χ4n) is 1.85. The second-order valence-electron chi connectivity index (χ2n) is 4.81. The summed E-state index contributed by atoms with van der Waals surface area (Å²) in [4.78, 5) is 21.6. The minimum Gasteiger partial charge on any atom is -0.378 e. The molecule has 0 fully saturated rings. The van der Waals surface area contributed by atoms with E-state index in [-0.39, 0.29) is 29.2 Å². The number of halogens is 4. The molecule has 2 aromatic rings. The third kappa shape index (κ3) is 5.19. The molecule has 11 heteroatoms. The number of alkyl halides is 3. The molecule has 1 heterocycles. The van der Waals surface area contributed by atoms with Gasteiger partial charge in [-0.25, -0.2) is 4.98 Å². The highest BCUT2D eigenvalue weighted by Gasteiger charge is 2.31. The van der Waals surface area contributed by atoms with Crippen LogP contribution in [0.4, 0.5) is 24.8 Å². The lowest BCUT2D eigenvalue weighted by Crippen LogP contribution is -2.23. The second-order valence-corrected chi connectivity index (χ2v) is 5.21. The number of nitrogens with one attached hydrogen (secondary N) is 2. The van der Waals surface area contributed by atoms with E-state index in [1.165, 1.54) is 13.2 Å². The highest BCUT2D eigenvalue weighted by Crippen LogP contribution is 2.33. The van der Waals surface area contributed by atoms with Crippen LogP contribution in [0.3, 0.4) is 0 Å². The molecule has 134 valence electrons. The minimum absolute atomic E-state index is 0.0146. The number of aliphatic imine (C=N–C) groups is 1. The number of nitrogens with zero attached hydrogens (tertiary/aromatic N) is 2. The predicted octanol–water partition coefficient (Wildman–Crippen LogP) is 2.65. The summed E-state index contributed by atoms with van der Waals surface area (Å²) in [6.07, 6.45) is -4.53. The number of aromatic amines is 1. The molecule has 1 aromatic heterocycles. The number of nitrogens with two attached hydrogens (primary N) is 1. The van der Waals surface area contributed by atoms with Gasteiger partial charge in [0.15, 0.2) is 0 Å². The first kappa shape index (κ1) is 18.7. The Kier molecular flexibility index (Phi) is 5.65. The van der Waals surface area contributed by atoms with Gasteiger partial charge in [0.1, 0.15) is 0 Å². The zero-order chi connectivity index (χ0) is 18.6. The Hall–Kier alpha value is -2.59. The van der Waals surface area contributed by atoms with Crippen molar-refractivity contribution < 1.29 is 17.9 Å². The topological polar surface area (TPSA) is 105 Å². The fraction of sp³-hybridized carbons (Fsp3) is 0.214. The van der Waals surface area contributed by atoms with E-state index in [0.717, 1.165) is 18.2 Å². The Morgan fingerprint density at radius 1 is 1.44 bits per heavy atom. The maximum absolute atomic E-state index is 12.8. The average molecular weight is 376 g/mol. The molecule has 0 unspecified atom stereocenters. The lowest BCUT2D eigenvalue weighted by Gasteiger charge is -2.11. The van der Waals surface area contributed by atoms with Crippen LogP contribution >= 0.6 is 11.6 Å². The monoisotopic (exact) mass is 375 g/mol. The summed E-state index contributed by atoms with van der Waals surface area (Å²) < 4.78 is 43.1. The number of guanidine groups is 1. The average Bonchev–Trinajstić information content (AvgIpc) is 2.48. The molecule has 0 radical (unpaired) electrons. The van der Waals surface area contributed by atoms with Gasteiger partial charge in [-0.05, 0) is 18.2 Å². The highest BCUT2D eigenvalue weighted by atomic mass is 35.5. The number of methoxy groups -OCH3 is 1. The number of ether oxygens (including phenoxy) is 1. The van der Waals surface area contributed by atoms with Crippen LogP contribution < -0.4 is 16.6 Å². The van der Waals surface area contributed by atoms with Gasteiger partial charge in [-0.3, -0.25) is 9.78 Å². The van der Waals surface area contributed by atoms with Crippen molar-refractivity contribution in [2.75, 3.05) is 12.4 Å². The smallest absolute Gasteiger partial charge is 0.378 e. The third-order valence-electron chi connectivity index (χ3n) is 2.86. The van der Waals surface area contributed by atoms with Crippen molar-refractivity contribution in [1.82, 2.24) is 9.97 Å². The first-order chi connectivity index (χ1) is 11.7. The van der Waals surface area contributed by atoms with E-state index in [2.05, 4.69) is 20.3 Å². The van der Waals surface area contributed by atoms with Crippen molar-refractivity contribution in [3.8, 4) is 0 Å². The zero-order valence-corrected chi connectivity index (χ0v) is 13.6. The maximum atomic E-state index is 12.8. The number of hydrogen-bond acceptors (Lipinski definition) is 4. The molecule has 0 aliphatic carbocycles. The van der Waals surface area contributed by atoms with Gasteiger partial charge in [-0.1, -0.05) is 11.6 Å². The van der Waals surface area contributed by atoms with E-state index >= 15 is 0 Å². The third-order valence-corrected chi connectivity index (χ3v) is 3.19. The van der Waals surface area contributed by atoms with E-state index in [0.29, 0.717) is 5.69 Å². The van der Waals surface area contributed by atoms with Gasteiger partial charge in [-0.2, -0.15) is 18.2 Å². The molecule has 0 saturated heterocycles. The van der Waals surface area contributed by atoms with Crippen molar-refractivity contribution in [2.45, 2.75) is 12.8 Å². The quantitative estimate of drug-likeness (QED) is 0.562. The lowest BCUT2D eigenvalue weighted by atomic mass is 10.2. The number of rotatable bonds is 4. The van der Waals surface area contributed by atoms with Crippen LogP contribution in [-0.2, 0) is 17.5 Å². The van der Waals surface area contributed by atoms with Crippen molar-refractivity contribution in [2.24, 2.45) is 10.7 Å². The molecule has 0 bridgehead atoms. The summed E-state index contributed by atoms with van der Waals surface area (Å²) in [5.74, 6) is -0.438. The molecule has 0 atom stereocenters. The molecule has 4 N–H and O–H groups in total. The molecule has 7 nitrogen and oxygen atoms in total. The van der Waals surface area contributed by atoms with Crippen molar-refractivity contribution in [3.05, 3.63) is 50.9 Å². The molecule has 0 aliphatic rings. The predicted molar refractivity (Wildman–Crippen MR) is 86.9 cm³/mol. The van der Waals surface area contributed by atoms with Crippen LogP contribution in [0.1, 0.15) is 11.3 Å². The molecule has 0 amide bonds. The van der Waals surface area contributed by atoms with Crippen molar-refractivity contribution >= 4 is 29.2 Å². The van der Waals surface area contributed by atoms with Crippen LogP contribution in [0.25, 0.3) is 0 Å². The molecular weight excluding hydrogens is 363 g/mol. The van der Waals surface area contributed by atoms with Gasteiger partial charge in [-0.15, -0.1) is 0 Å². The van der Waals surface area contributed by atoms with Crippen LogP contribution in [-0.4, -0.2) is 23.0 Å². The number of H-pyrrole nitrogens is 1. The summed E-state index contributed by atoms with van der Waals surface area (Å²) in [5.41, 5.74) is 4.49. The van der Waals surface area contributed by atoms with Gasteiger partial charge in [0.2, 0.25) is 11.9 Å². The van der Waals surface area contributed by atoms with Gasteiger partial charge < -0.3 is 15.8 Å². The Morgan fingerprint density at radius 2 is 2.16 bits per heavy atom. The molecular formula is C14H13ClF3N5O2. The summed E-state index contributed by atoms with van der Waals surface area (Å²) in [5, 5.41) is 2.46. The molecule has 0 aliphatic heterocycles. The lowest BCUT2D eigenvalue weighted by molar-refractivity contribution is -0.137. The van der Waals surface area contributed by atoms with Gasteiger partial charge in [0.25, 0.3) is 5.56 Å². The van der Waals surface area contributed by atoms with Crippen LogP contribution in [0.5, 0.6) is 0 Å². The molecule has 0 saturated carbocycles. The van der Waals surface area contributed by atoms with Crippen LogP contribution in [0, 0.1) is 0 Å². The molecule has 0 spiro atoms. The Labute approximate surface area is 144 Å². The molecule has 25 heavy (non-hydrogen) atoms. The first-order valence-corrected chi connectivity index (χ1v) is 7.14. The summed E-state index contributed by atoms with van der Waals surface area (Å²) in [6, 6.07) is 3.94. The Morgan fingerprint density at radius 3 is 2.80 bits per heavy atom. The standard InChI is InChI=1S/C14H13ClF3N5O2/c1-25-6-8-5-11(24)22-13(20-8)23-12(19)21-10-4-7(14(16,17)18)2-3-9(10)15/h2-5H,6H2,1H3,(H4,19,20,21,22,23,24). The summed E-state index contributed by atoms with van der Waals surface area (Å²) in [7, 11) is 1.43. The number of benzene rings is 1. The fourth-order valence-corrected chi connectivity index (χ4v) is 2.01. The SMILES string of the molecule is COCc1cc(=O)[nH]c(/N=C(\N)Nc2cc(C(F)(F)F)ccc2Cl)n1. The number of aromatic nitrogens is 2. The first-order valence-electron chi connectivity index (χ1n) is 6.76. The maximum Gasteiger partial charge on any atom is 0.416 e. The normalized spacial score (nSPS) is 12.3. The van der Waals surface area contributed by atoms with Gasteiger partial charge >= 0.3 is 6.18 Å². The van der Waals surface area contributed by atoms with Crippen LogP contribution in [0.15, 0.2) is 34.1 Å². The van der Waals surface area contributed by atoms with Gasteiger partial charge in [0.05, 0.1) is 28.6 Å². The molecule has 1 aromatic carbocycles. The van der Waals surface area contributed by atoms with Crippen molar-refractivity contribution in [1.29, 1.82) is 0 Å². The van der Waals surface area contributed by atoms with E-state index in [1.54, 1.807) is 0 Å². The Bertz CT molecular complexity index is 851. The van der Waals surface area contributed by atoms with Crippen molar-refractivity contribution in [3.63, 3.8) is 0 Å². The second kappa shape index (κ2) is 7.53. The summed E-state index contributed by atoms with van der Waals surface area (Å²) >= 11 is 5.85. The number of hydrogen-bond donors (Lipinski definition) is 3. The van der Waals surface area contributed by atoms with Crippen LogP contribution in [0.2, 0.25) is 5.02 Å². The largest absolute Gasteiger partial charge is 0.416 e. The van der Waals surface area contributed by atoms with E-state index in [1.807, 2.05) is 0 Å². The van der Waals surface area contributed by atoms with Gasteiger partial charge in [0, 0.05) is 13.2 Å². The molecule has 2 rings (SSSR count). The van der Waals surface area contributed by atoms with E-state index in [4.69, 9.17) is 22.1 Å². The van der Waals surface area contributed by atoms with E-state index < -0.39 is 17.3 Å². The minimum atomic E-state index is -4.53. The Balaban J connectivity index is 2.29. The highest BCUT2D eigenvalue weighted by molar-refractivity contribution is 6.33. The zero-order valence-electron chi connectivity index (χ0n) is 12.8. The number of anilines is 1. The summed E-state index contributed by atoms with van der Waals surface area (Å²) in [6.45, 7) is 0.0826.